The van der Waals surface area contributed by atoms with Gasteiger partial charge in [0.25, 0.3) is 0 Å². The van der Waals surface area contributed by atoms with Gasteiger partial charge in [-0.05, 0) is 50.5 Å². The van der Waals surface area contributed by atoms with Crippen LogP contribution in [0, 0.1) is 0 Å². The molecule has 3 aliphatic rings. The largest absolute Gasteiger partial charge is 0.339 e. The van der Waals surface area contributed by atoms with Crippen LogP contribution in [0.1, 0.15) is 75.1 Å². The van der Waals surface area contributed by atoms with Crippen molar-refractivity contribution in [3.8, 4) is 0 Å². The SMILES string of the molecule is CC1(c2nc(C3(CN[C@@H]4C[C@H]4c4ccccc4)CC3)no2)CCC(N)CC1. The van der Waals surface area contributed by atoms with Crippen LogP contribution in [0.5, 0.6) is 0 Å². The molecule has 1 aromatic carbocycles. The summed E-state index contributed by atoms with van der Waals surface area (Å²) in [6, 6.07) is 11.7. The highest BCUT2D eigenvalue weighted by Gasteiger charge is 2.51. The average Bonchev–Trinajstić information content (AvgIpc) is 3.60. The van der Waals surface area contributed by atoms with E-state index in [4.69, 9.17) is 15.2 Å². The molecule has 5 nitrogen and oxygen atoms in total. The Bertz CT molecular complexity index is 790. The number of nitrogens with two attached hydrogens (primary N) is 1. The van der Waals surface area contributed by atoms with Crippen molar-refractivity contribution >= 4 is 0 Å². The maximum Gasteiger partial charge on any atom is 0.232 e. The molecule has 1 heterocycles. The van der Waals surface area contributed by atoms with Crippen molar-refractivity contribution in [2.75, 3.05) is 6.54 Å². The number of hydrogen-bond acceptors (Lipinski definition) is 5. The molecular formula is C22H30N4O. The minimum Gasteiger partial charge on any atom is -0.339 e. The summed E-state index contributed by atoms with van der Waals surface area (Å²) in [5.74, 6) is 2.40. The molecule has 0 saturated heterocycles. The molecule has 3 aliphatic carbocycles. The first-order valence-corrected chi connectivity index (χ1v) is 10.5. The average molecular weight is 367 g/mol. The summed E-state index contributed by atoms with van der Waals surface area (Å²) < 4.78 is 5.75. The fourth-order valence-corrected chi connectivity index (χ4v) is 4.62. The van der Waals surface area contributed by atoms with E-state index in [2.05, 4.69) is 47.7 Å². The molecule has 3 N–H and O–H groups in total. The second-order valence-corrected chi connectivity index (χ2v) is 9.34. The molecule has 27 heavy (non-hydrogen) atoms. The van der Waals surface area contributed by atoms with Gasteiger partial charge in [0.15, 0.2) is 5.82 Å². The van der Waals surface area contributed by atoms with E-state index >= 15 is 0 Å². The molecule has 3 saturated carbocycles. The first-order valence-electron chi connectivity index (χ1n) is 10.5. The molecule has 5 rings (SSSR count). The van der Waals surface area contributed by atoms with Crippen LogP contribution in [-0.2, 0) is 10.8 Å². The Balaban J connectivity index is 1.21. The third-order valence-electron chi connectivity index (χ3n) is 7.12. The van der Waals surface area contributed by atoms with Gasteiger partial charge in [0.1, 0.15) is 0 Å². The fourth-order valence-electron chi connectivity index (χ4n) is 4.62. The van der Waals surface area contributed by atoms with Crippen LogP contribution in [0.15, 0.2) is 34.9 Å². The molecule has 0 radical (unpaired) electrons. The molecular weight excluding hydrogens is 336 g/mol. The molecule has 0 unspecified atom stereocenters. The number of nitrogens with zero attached hydrogens (tertiary/aromatic N) is 2. The number of aromatic nitrogens is 2. The summed E-state index contributed by atoms with van der Waals surface area (Å²) in [6.07, 6.45) is 7.72. The zero-order valence-corrected chi connectivity index (χ0v) is 16.2. The molecule has 2 aromatic rings. The lowest BCUT2D eigenvalue weighted by Crippen LogP contribution is -2.35. The van der Waals surface area contributed by atoms with E-state index in [1.807, 2.05) is 0 Å². The normalized spacial score (nSPS) is 34.4. The second kappa shape index (κ2) is 6.42. The zero-order chi connectivity index (χ0) is 18.5. The topological polar surface area (TPSA) is 77.0 Å². The van der Waals surface area contributed by atoms with Crippen molar-refractivity contribution in [1.82, 2.24) is 15.5 Å². The predicted molar refractivity (Wildman–Crippen MR) is 105 cm³/mol. The van der Waals surface area contributed by atoms with Crippen LogP contribution in [0.4, 0.5) is 0 Å². The van der Waals surface area contributed by atoms with Gasteiger partial charge in [0.2, 0.25) is 5.89 Å². The lowest BCUT2D eigenvalue weighted by atomic mass is 9.74. The van der Waals surface area contributed by atoms with Crippen molar-refractivity contribution in [2.24, 2.45) is 5.73 Å². The molecule has 0 aliphatic heterocycles. The van der Waals surface area contributed by atoms with Crippen molar-refractivity contribution in [3.63, 3.8) is 0 Å². The van der Waals surface area contributed by atoms with Gasteiger partial charge in [-0.2, -0.15) is 4.98 Å². The van der Waals surface area contributed by atoms with Crippen LogP contribution in [0.2, 0.25) is 0 Å². The number of nitrogens with one attached hydrogen (secondary N) is 1. The van der Waals surface area contributed by atoms with Gasteiger partial charge in [-0.1, -0.05) is 42.4 Å². The lowest BCUT2D eigenvalue weighted by molar-refractivity contribution is 0.219. The van der Waals surface area contributed by atoms with E-state index in [1.165, 1.54) is 12.0 Å². The van der Waals surface area contributed by atoms with Crippen molar-refractivity contribution in [3.05, 3.63) is 47.6 Å². The monoisotopic (exact) mass is 366 g/mol. The molecule has 0 bridgehead atoms. The summed E-state index contributed by atoms with van der Waals surface area (Å²) >= 11 is 0. The van der Waals surface area contributed by atoms with Gasteiger partial charge in [-0.25, -0.2) is 0 Å². The Morgan fingerprint density at radius 2 is 1.89 bits per heavy atom. The van der Waals surface area contributed by atoms with Gasteiger partial charge < -0.3 is 15.6 Å². The Morgan fingerprint density at radius 3 is 2.59 bits per heavy atom. The maximum absolute atomic E-state index is 6.07. The fraction of sp³-hybridized carbons (Fsp3) is 0.636. The van der Waals surface area contributed by atoms with Crippen molar-refractivity contribution in [2.45, 2.75) is 80.7 Å². The van der Waals surface area contributed by atoms with E-state index in [9.17, 15) is 0 Å². The highest BCUT2D eigenvalue weighted by atomic mass is 16.5. The first kappa shape index (κ1) is 17.4. The van der Waals surface area contributed by atoms with Gasteiger partial charge in [-0.3, -0.25) is 0 Å². The minimum atomic E-state index is -0.000470. The standard InChI is InChI=1S/C22H30N4O/c1-21(9-7-16(23)8-10-21)20-25-19(26-27-20)22(11-12-22)14-24-18-13-17(18)15-5-3-2-4-6-15/h2-6,16-18,24H,7-14,23H2,1H3/t16?,17-,18+,21?/m0/s1. The summed E-state index contributed by atoms with van der Waals surface area (Å²) in [5.41, 5.74) is 7.61. The summed E-state index contributed by atoms with van der Waals surface area (Å²) in [7, 11) is 0. The number of rotatable bonds is 6. The van der Waals surface area contributed by atoms with Gasteiger partial charge in [0.05, 0.1) is 0 Å². The molecule has 0 spiro atoms. The number of hydrogen-bond donors (Lipinski definition) is 2. The first-order chi connectivity index (χ1) is 13.1. The van der Waals surface area contributed by atoms with E-state index in [0.29, 0.717) is 18.0 Å². The Hall–Kier alpha value is -1.72. The third-order valence-corrected chi connectivity index (χ3v) is 7.12. The third kappa shape index (κ3) is 3.32. The summed E-state index contributed by atoms with van der Waals surface area (Å²) in [4.78, 5) is 4.88. The molecule has 2 atom stereocenters. The molecule has 1 aromatic heterocycles. The zero-order valence-electron chi connectivity index (χ0n) is 16.2. The summed E-state index contributed by atoms with van der Waals surface area (Å²) in [6.45, 7) is 3.21. The van der Waals surface area contributed by atoms with Crippen LogP contribution in [0.25, 0.3) is 0 Å². The summed E-state index contributed by atoms with van der Waals surface area (Å²) in [5, 5.41) is 8.18. The maximum atomic E-state index is 6.07. The molecule has 0 amide bonds. The molecule has 5 heteroatoms. The quantitative estimate of drug-likeness (QED) is 0.819. The highest BCUT2D eigenvalue weighted by Crippen LogP contribution is 2.49. The Kier molecular flexibility index (Phi) is 4.13. The van der Waals surface area contributed by atoms with Gasteiger partial charge in [-0.15, -0.1) is 0 Å². The van der Waals surface area contributed by atoms with E-state index in [1.54, 1.807) is 0 Å². The van der Waals surface area contributed by atoms with Crippen molar-refractivity contribution < 1.29 is 4.52 Å². The molecule has 3 fully saturated rings. The number of benzene rings is 1. The second-order valence-electron chi connectivity index (χ2n) is 9.34. The van der Waals surface area contributed by atoms with Crippen molar-refractivity contribution in [1.29, 1.82) is 0 Å². The van der Waals surface area contributed by atoms with E-state index in [0.717, 1.165) is 56.8 Å². The van der Waals surface area contributed by atoms with Crippen LogP contribution in [0.3, 0.4) is 0 Å². The van der Waals surface area contributed by atoms with Gasteiger partial charge >= 0.3 is 0 Å². The van der Waals surface area contributed by atoms with E-state index < -0.39 is 0 Å². The minimum absolute atomic E-state index is 0.000470. The highest BCUT2D eigenvalue weighted by molar-refractivity contribution is 5.28. The van der Waals surface area contributed by atoms with Crippen LogP contribution in [-0.4, -0.2) is 28.8 Å². The van der Waals surface area contributed by atoms with Crippen LogP contribution < -0.4 is 11.1 Å². The van der Waals surface area contributed by atoms with E-state index in [-0.39, 0.29) is 10.8 Å². The smallest absolute Gasteiger partial charge is 0.232 e. The predicted octanol–water partition coefficient (Wildman–Crippen LogP) is 3.41. The van der Waals surface area contributed by atoms with Crippen LogP contribution >= 0.6 is 0 Å². The molecule has 144 valence electrons. The lowest BCUT2D eigenvalue weighted by Gasteiger charge is -2.32. The Morgan fingerprint density at radius 1 is 1.15 bits per heavy atom. The Labute approximate surface area is 161 Å². The van der Waals surface area contributed by atoms with Gasteiger partial charge in [0, 0.05) is 35.4 Å².